The van der Waals surface area contributed by atoms with Crippen LogP contribution in [0.25, 0.3) is 0 Å². The van der Waals surface area contributed by atoms with Crippen molar-refractivity contribution in [2.45, 2.75) is 18.9 Å². The zero-order valence-corrected chi connectivity index (χ0v) is 14.0. The topological polar surface area (TPSA) is 118 Å². The second-order valence-corrected chi connectivity index (χ2v) is 6.34. The summed E-state index contributed by atoms with van der Waals surface area (Å²) in [6.07, 6.45) is 4.70. The molecular formula is C16H18N6O4. The number of aromatic nitrogens is 2. The number of nitrogens with zero attached hydrogens (tertiary/aromatic N) is 5. The highest BCUT2D eigenvalue weighted by molar-refractivity contribution is 5.91. The predicted molar refractivity (Wildman–Crippen MR) is 92.2 cm³/mol. The van der Waals surface area contributed by atoms with Gasteiger partial charge in [-0.15, -0.1) is 0 Å². The van der Waals surface area contributed by atoms with Crippen LogP contribution in [0.4, 0.5) is 17.5 Å². The Morgan fingerprint density at radius 3 is 2.69 bits per heavy atom. The number of piperazine rings is 1. The molecule has 4 rings (SSSR count). The van der Waals surface area contributed by atoms with Crippen molar-refractivity contribution < 1.29 is 14.1 Å². The van der Waals surface area contributed by atoms with Crippen molar-refractivity contribution in [3.8, 4) is 0 Å². The fourth-order valence-electron chi connectivity index (χ4n) is 2.84. The van der Waals surface area contributed by atoms with Gasteiger partial charge in [0.15, 0.2) is 5.76 Å². The summed E-state index contributed by atoms with van der Waals surface area (Å²) in [5.41, 5.74) is -0.118. The number of nitro groups is 1. The minimum atomic E-state index is -0.478. The van der Waals surface area contributed by atoms with E-state index in [1.807, 2.05) is 4.90 Å². The van der Waals surface area contributed by atoms with Gasteiger partial charge in [-0.3, -0.25) is 14.9 Å². The Balaban J connectivity index is 1.45. The zero-order valence-electron chi connectivity index (χ0n) is 14.0. The summed E-state index contributed by atoms with van der Waals surface area (Å²) < 4.78 is 5.15. The van der Waals surface area contributed by atoms with Crippen LogP contribution in [0.5, 0.6) is 0 Å². The first-order valence-corrected chi connectivity index (χ1v) is 8.47. The van der Waals surface area contributed by atoms with E-state index in [0.29, 0.717) is 37.9 Å². The predicted octanol–water partition coefficient (Wildman–Crippen LogP) is 1.51. The van der Waals surface area contributed by atoms with Crippen LogP contribution in [0.2, 0.25) is 0 Å². The maximum absolute atomic E-state index is 12.3. The number of carbonyl (C=O) groups is 1. The Bertz CT molecular complexity index is 812. The monoisotopic (exact) mass is 358 g/mol. The number of hydrogen-bond acceptors (Lipinski definition) is 8. The molecule has 2 aliphatic rings. The Labute approximate surface area is 149 Å². The number of amides is 1. The smallest absolute Gasteiger partial charge is 0.329 e. The molecule has 10 nitrogen and oxygen atoms in total. The summed E-state index contributed by atoms with van der Waals surface area (Å²) in [4.78, 5) is 35.1. The molecule has 1 N–H and O–H groups in total. The van der Waals surface area contributed by atoms with Gasteiger partial charge in [0.25, 0.3) is 5.91 Å². The quantitative estimate of drug-likeness (QED) is 0.631. The molecule has 0 radical (unpaired) electrons. The van der Waals surface area contributed by atoms with Crippen molar-refractivity contribution in [1.82, 2.24) is 14.9 Å². The molecule has 1 aliphatic heterocycles. The summed E-state index contributed by atoms with van der Waals surface area (Å²) in [5.74, 6) is 0.872. The van der Waals surface area contributed by atoms with Gasteiger partial charge in [0.1, 0.15) is 6.20 Å². The first kappa shape index (κ1) is 16.3. The number of rotatable bonds is 5. The van der Waals surface area contributed by atoms with Crippen molar-refractivity contribution >= 4 is 23.4 Å². The highest BCUT2D eigenvalue weighted by atomic mass is 16.6. The molecule has 1 saturated heterocycles. The third-order valence-corrected chi connectivity index (χ3v) is 4.45. The van der Waals surface area contributed by atoms with Crippen LogP contribution in [0.15, 0.2) is 29.0 Å². The van der Waals surface area contributed by atoms with Crippen LogP contribution in [-0.2, 0) is 0 Å². The normalized spacial score (nSPS) is 17.2. The average molecular weight is 358 g/mol. The molecule has 1 amide bonds. The fraction of sp³-hybridized carbons (Fsp3) is 0.438. The molecule has 0 aromatic carbocycles. The number of hydrogen-bond donors (Lipinski definition) is 1. The summed E-state index contributed by atoms with van der Waals surface area (Å²) >= 11 is 0. The molecule has 136 valence electrons. The maximum atomic E-state index is 12.3. The lowest BCUT2D eigenvalue weighted by molar-refractivity contribution is -0.384. The van der Waals surface area contributed by atoms with Crippen molar-refractivity contribution in [3.63, 3.8) is 0 Å². The van der Waals surface area contributed by atoms with E-state index >= 15 is 0 Å². The Kier molecular flexibility index (Phi) is 4.15. The van der Waals surface area contributed by atoms with E-state index in [2.05, 4.69) is 15.3 Å². The first-order chi connectivity index (χ1) is 12.6. The van der Waals surface area contributed by atoms with E-state index in [1.54, 1.807) is 17.0 Å². The standard InChI is InChI=1S/C16H18N6O4/c23-15(13-2-1-9-26-13)20-5-7-21(8-6-20)16-17-10-12(22(24)25)14(19-16)18-11-3-4-11/h1-2,9-11H,3-8H2,(H,17,18,19). The molecule has 10 heteroatoms. The van der Waals surface area contributed by atoms with Crippen LogP contribution in [0, 0.1) is 10.1 Å². The molecule has 0 spiro atoms. The van der Waals surface area contributed by atoms with E-state index in [-0.39, 0.29) is 23.5 Å². The summed E-state index contributed by atoms with van der Waals surface area (Å²) in [7, 11) is 0. The van der Waals surface area contributed by atoms with E-state index in [4.69, 9.17) is 4.42 Å². The van der Waals surface area contributed by atoms with Gasteiger partial charge in [-0.1, -0.05) is 0 Å². The Morgan fingerprint density at radius 2 is 2.08 bits per heavy atom. The minimum absolute atomic E-state index is 0.118. The van der Waals surface area contributed by atoms with Crippen LogP contribution in [0.3, 0.4) is 0 Å². The zero-order chi connectivity index (χ0) is 18.1. The van der Waals surface area contributed by atoms with Crippen LogP contribution >= 0.6 is 0 Å². The van der Waals surface area contributed by atoms with Gasteiger partial charge in [-0.05, 0) is 25.0 Å². The summed E-state index contributed by atoms with van der Waals surface area (Å²) in [5, 5.41) is 14.3. The van der Waals surface area contributed by atoms with E-state index in [9.17, 15) is 14.9 Å². The molecule has 1 saturated carbocycles. The number of nitrogens with one attached hydrogen (secondary N) is 1. The largest absolute Gasteiger partial charge is 0.459 e. The van der Waals surface area contributed by atoms with Crippen molar-refractivity contribution in [2.24, 2.45) is 0 Å². The molecule has 26 heavy (non-hydrogen) atoms. The van der Waals surface area contributed by atoms with Gasteiger partial charge < -0.3 is 19.5 Å². The van der Waals surface area contributed by atoms with E-state index < -0.39 is 4.92 Å². The summed E-state index contributed by atoms with van der Waals surface area (Å²) in [6.45, 7) is 2.11. The van der Waals surface area contributed by atoms with Gasteiger partial charge in [0.2, 0.25) is 11.8 Å². The molecule has 2 fully saturated rings. The molecular weight excluding hydrogens is 340 g/mol. The SMILES string of the molecule is O=C(c1ccco1)N1CCN(c2ncc([N+](=O)[O-])c(NC3CC3)n2)CC1. The van der Waals surface area contributed by atoms with Crippen molar-refractivity contribution in [3.05, 3.63) is 40.5 Å². The number of carbonyl (C=O) groups excluding carboxylic acids is 1. The molecule has 3 heterocycles. The highest BCUT2D eigenvalue weighted by Crippen LogP contribution is 2.30. The fourth-order valence-corrected chi connectivity index (χ4v) is 2.84. The molecule has 1 aliphatic carbocycles. The second-order valence-electron chi connectivity index (χ2n) is 6.34. The van der Waals surface area contributed by atoms with E-state index in [1.165, 1.54) is 12.5 Å². The van der Waals surface area contributed by atoms with Gasteiger partial charge in [-0.25, -0.2) is 4.98 Å². The average Bonchev–Trinajstić information content (AvgIpc) is 3.30. The Morgan fingerprint density at radius 1 is 1.31 bits per heavy atom. The third-order valence-electron chi connectivity index (χ3n) is 4.45. The molecule has 0 atom stereocenters. The minimum Gasteiger partial charge on any atom is -0.459 e. The van der Waals surface area contributed by atoms with Crippen LogP contribution in [-0.4, -0.2) is 57.9 Å². The lowest BCUT2D eigenvalue weighted by Crippen LogP contribution is -2.49. The molecule has 0 bridgehead atoms. The molecule has 2 aromatic rings. The molecule has 2 aromatic heterocycles. The van der Waals surface area contributed by atoms with Crippen LogP contribution in [0.1, 0.15) is 23.4 Å². The lowest BCUT2D eigenvalue weighted by atomic mass is 10.3. The maximum Gasteiger partial charge on any atom is 0.329 e. The van der Waals surface area contributed by atoms with Crippen molar-refractivity contribution in [2.75, 3.05) is 36.4 Å². The first-order valence-electron chi connectivity index (χ1n) is 8.47. The Hall–Kier alpha value is -3.17. The number of furan rings is 1. The molecule has 0 unspecified atom stereocenters. The van der Waals surface area contributed by atoms with E-state index in [0.717, 1.165) is 12.8 Å². The van der Waals surface area contributed by atoms with Crippen LogP contribution < -0.4 is 10.2 Å². The number of anilines is 2. The summed E-state index contributed by atoms with van der Waals surface area (Å²) in [6, 6.07) is 3.58. The lowest BCUT2D eigenvalue weighted by Gasteiger charge is -2.34. The van der Waals surface area contributed by atoms with Gasteiger partial charge in [0.05, 0.1) is 11.2 Å². The highest BCUT2D eigenvalue weighted by Gasteiger charge is 2.29. The van der Waals surface area contributed by atoms with Gasteiger partial charge >= 0.3 is 5.69 Å². The van der Waals surface area contributed by atoms with Crippen molar-refractivity contribution in [1.29, 1.82) is 0 Å². The van der Waals surface area contributed by atoms with Gasteiger partial charge in [0, 0.05) is 32.2 Å². The second kappa shape index (κ2) is 6.62. The van der Waals surface area contributed by atoms with Gasteiger partial charge in [-0.2, -0.15) is 4.98 Å². The third kappa shape index (κ3) is 3.30.